The van der Waals surface area contributed by atoms with Gasteiger partial charge in [-0.1, -0.05) is 53.0 Å². The zero-order chi connectivity index (χ0) is 22.3. The Morgan fingerprint density at radius 3 is 2.37 bits per heavy atom. The van der Waals surface area contributed by atoms with Crippen LogP contribution in [0.4, 0.5) is 0 Å². The third kappa shape index (κ3) is 7.69. The maximum Gasteiger partial charge on any atom is 0.242 e. The number of rotatable bonds is 9. The fourth-order valence-electron chi connectivity index (χ4n) is 2.79. The summed E-state index contributed by atoms with van der Waals surface area (Å²) in [5.74, 6) is 0.536. The van der Waals surface area contributed by atoms with Crippen LogP contribution in [0.25, 0.3) is 0 Å². The second-order valence-electron chi connectivity index (χ2n) is 7.22. The Kier molecular flexibility index (Phi) is 9.82. The average Bonchev–Trinajstić information content (AvgIpc) is 2.66. The molecule has 1 atom stereocenters. The van der Waals surface area contributed by atoms with Crippen LogP contribution in [0, 0.1) is 0 Å². The first-order chi connectivity index (χ1) is 14.2. The number of benzene rings is 2. The van der Waals surface area contributed by atoms with Crippen LogP contribution in [0.1, 0.15) is 31.9 Å². The Morgan fingerprint density at radius 1 is 1.03 bits per heavy atom. The molecule has 1 N–H and O–H groups in total. The number of carbonyl (C=O) groups is 2. The molecule has 162 valence electrons. The van der Waals surface area contributed by atoms with E-state index in [2.05, 4.69) is 5.32 Å². The van der Waals surface area contributed by atoms with Crippen LogP contribution < -0.4 is 5.32 Å². The third-order valence-electron chi connectivity index (χ3n) is 4.34. The molecular weight excluding hydrogens is 463 g/mol. The summed E-state index contributed by atoms with van der Waals surface area (Å²) in [6, 6.07) is 12.0. The van der Waals surface area contributed by atoms with Crippen molar-refractivity contribution in [3.63, 3.8) is 0 Å². The number of hydrogen-bond acceptors (Lipinski definition) is 3. The van der Waals surface area contributed by atoms with Crippen molar-refractivity contribution < 1.29 is 9.59 Å². The minimum atomic E-state index is -0.640. The van der Waals surface area contributed by atoms with Crippen LogP contribution in [0.5, 0.6) is 0 Å². The van der Waals surface area contributed by atoms with Crippen molar-refractivity contribution in [1.29, 1.82) is 0 Å². The smallest absolute Gasteiger partial charge is 0.242 e. The first-order valence-electron chi connectivity index (χ1n) is 9.53. The van der Waals surface area contributed by atoms with Gasteiger partial charge in [-0.15, -0.1) is 11.8 Å². The molecule has 0 bridgehead atoms. The molecule has 0 fully saturated rings. The van der Waals surface area contributed by atoms with E-state index in [-0.39, 0.29) is 30.2 Å². The lowest BCUT2D eigenvalue weighted by Crippen LogP contribution is -2.49. The van der Waals surface area contributed by atoms with E-state index >= 15 is 0 Å². The second kappa shape index (κ2) is 11.8. The summed E-state index contributed by atoms with van der Waals surface area (Å²) in [7, 11) is 0. The van der Waals surface area contributed by atoms with Crippen LogP contribution >= 0.6 is 46.6 Å². The Labute approximate surface area is 197 Å². The molecule has 0 aliphatic heterocycles. The fraction of sp³-hybridized carbons (Fsp3) is 0.364. The van der Waals surface area contributed by atoms with Crippen molar-refractivity contribution in [3.05, 3.63) is 68.7 Å². The molecule has 0 saturated carbocycles. The highest BCUT2D eigenvalue weighted by Gasteiger charge is 2.27. The number of hydrogen-bond donors (Lipinski definition) is 1. The van der Waals surface area contributed by atoms with Crippen molar-refractivity contribution in [1.82, 2.24) is 10.2 Å². The van der Waals surface area contributed by atoms with E-state index < -0.39 is 6.04 Å². The summed E-state index contributed by atoms with van der Waals surface area (Å²) in [6.07, 6.45) is 0. The molecule has 0 heterocycles. The summed E-state index contributed by atoms with van der Waals surface area (Å²) in [6.45, 7) is 5.71. The van der Waals surface area contributed by atoms with Crippen molar-refractivity contribution in [3.8, 4) is 0 Å². The number of nitrogens with zero attached hydrogens (tertiary/aromatic N) is 1. The Bertz CT molecular complexity index is 892. The molecule has 4 nitrogen and oxygen atoms in total. The van der Waals surface area contributed by atoms with Crippen molar-refractivity contribution in [2.75, 3.05) is 5.75 Å². The van der Waals surface area contributed by atoms with E-state index in [1.54, 1.807) is 30.0 Å². The van der Waals surface area contributed by atoms with Gasteiger partial charge in [0, 0.05) is 33.4 Å². The van der Waals surface area contributed by atoms with Crippen LogP contribution in [0.15, 0.2) is 42.5 Å². The average molecular weight is 488 g/mol. The molecule has 0 spiro atoms. The zero-order valence-corrected chi connectivity index (χ0v) is 20.2. The van der Waals surface area contributed by atoms with Crippen molar-refractivity contribution in [2.24, 2.45) is 0 Å². The normalized spacial score (nSPS) is 12.0. The monoisotopic (exact) mass is 486 g/mol. The lowest BCUT2D eigenvalue weighted by molar-refractivity contribution is -0.138. The van der Waals surface area contributed by atoms with Gasteiger partial charge in [0.05, 0.1) is 5.75 Å². The summed E-state index contributed by atoms with van der Waals surface area (Å²) in [5.41, 5.74) is 1.77. The molecule has 0 saturated heterocycles. The van der Waals surface area contributed by atoms with E-state index in [4.69, 9.17) is 34.8 Å². The number of amides is 2. The van der Waals surface area contributed by atoms with Gasteiger partial charge in [0.2, 0.25) is 11.8 Å². The van der Waals surface area contributed by atoms with E-state index in [1.165, 1.54) is 11.8 Å². The Hall–Kier alpha value is -1.40. The maximum atomic E-state index is 13.0. The summed E-state index contributed by atoms with van der Waals surface area (Å²) < 4.78 is 0. The molecule has 2 amide bonds. The molecule has 8 heteroatoms. The van der Waals surface area contributed by atoms with Crippen LogP contribution in [-0.2, 0) is 21.9 Å². The molecule has 0 radical (unpaired) electrons. The highest BCUT2D eigenvalue weighted by Crippen LogP contribution is 2.24. The molecule has 0 aliphatic carbocycles. The second-order valence-corrected chi connectivity index (χ2v) is 9.49. The van der Waals surface area contributed by atoms with Crippen molar-refractivity contribution in [2.45, 2.75) is 45.2 Å². The SMILES string of the molecule is CC(C)NC(=O)[C@@H](C)N(Cc1ccc(Cl)cc1Cl)C(=O)CSCc1cccc(Cl)c1. The minimum Gasteiger partial charge on any atom is -0.352 e. The van der Waals surface area contributed by atoms with Gasteiger partial charge >= 0.3 is 0 Å². The lowest BCUT2D eigenvalue weighted by Gasteiger charge is -2.29. The number of carbonyl (C=O) groups excluding carboxylic acids is 2. The van der Waals surface area contributed by atoms with Crippen molar-refractivity contribution >= 4 is 58.4 Å². The first-order valence-corrected chi connectivity index (χ1v) is 11.8. The molecule has 0 aromatic heterocycles. The van der Waals surface area contributed by atoms with Crippen LogP contribution in [-0.4, -0.2) is 34.6 Å². The van der Waals surface area contributed by atoms with E-state index in [0.29, 0.717) is 20.8 Å². The molecule has 2 rings (SSSR count). The van der Waals surface area contributed by atoms with Gasteiger partial charge in [-0.05, 0) is 56.2 Å². The summed E-state index contributed by atoms with van der Waals surface area (Å²) in [5, 5.41) is 4.51. The van der Waals surface area contributed by atoms with Gasteiger partial charge in [-0.25, -0.2) is 0 Å². The molecule has 30 heavy (non-hydrogen) atoms. The Morgan fingerprint density at radius 2 is 1.73 bits per heavy atom. The maximum absolute atomic E-state index is 13.0. The van der Waals surface area contributed by atoms with Gasteiger partial charge in [-0.3, -0.25) is 9.59 Å². The van der Waals surface area contributed by atoms with Crippen LogP contribution in [0.3, 0.4) is 0 Å². The van der Waals surface area contributed by atoms with Gasteiger partial charge in [0.25, 0.3) is 0 Å². The molecule has 2 aromatic rings. The van der Waals surface area contributed by atoms with Gasteiger partial charge < -0.3 is 10.2 Å². The largest absolute Gasteiger partial charge is 0.352 e. The highest BCUT2D eigenvalue weighted by molar-refractivity contribution is 7.99. The molecular formula is C22H25Cl3N2O2S. The number of halogens is 3. The van der Waals surface area contributed by atoms with E-state index in [1.807, 2.05) is 38.1 Å². The Balaban J connectivity index is 2.12. The van der Waals surface area contributed by atoms with Gasteiger partial charge in [0.1, 0.15) is 6.04 Å². The highest BCUT2D eigenvalue weighted by atomic mass is 35.5. The van der Waals surface area contributed by atoms with Gasteiger partial charge in [0.15, 0.2) is 0 Å². The predicted octanol–water partition coefficient (Wildman–Crippen LogP) is 5.82. The quantitative estimate of drug-likeness (QED) is 0.485. The number of thioether (sulfide) groups is 1. The third-order valence-corrected chi connectivity index (χ3v) is 6.15. The summed E-state index contributed by atoms with van der Waals surface area (Å²) in [4.78, 5) is 27.2. The van der Waals surface area contributed by atoms with E-state index in [9.17, 15) is 9.59 Å². The molecule has 0 unspecified atom stereocenters. The minimum absolute atomic E-state index is 0.0202. The molecule has 0 aliphatic rings. The van der Waals surface area contributed by atoms with Crippen LogP contribution in [0.2, 0.25) is 15.1 Å². The van der Waals surface area contributed by atoms with E-state index in [0.717, 1.165) is 11.1 Å². The topological polar surface area (TPSA) is 49.4 Å². The lowest BCUT2D eigenvalue weighted by atomic mass is 10.1. The first kappa shape index (κ1) is 24.9. The standard InChI is InChI=1S/C22H25Cl3N2O2S/c1-14(2)26-22(29)15(3)27(11-17-7-8-19(24)10-20(17)25)21(28)13-30-12-16-5-4-6-18(23)9-16/h4-10,14-15H,11-13H2,1-3H3,(H,26,29)/t15-/m1/s1. The predicted molar refractivity (Wildman–Crippen MR) is 127 cm³/mol. The number of nitrogens with one attached hydrogen (secondary N) is 1. The fourth-order valence-corrected chi connectivity index (χ4v) is 4.33. The summed E-state index contributed by atoms with van der Waals surface area (Å²) >= 11 is 19.8. The zero-order valence-electron chi connectivity index (χ0n) is 17.1. The molecule has 2 aromatic carbocycles. The van der Waals surface area contributed by atoms with Gasteiger partial charge in [-0.2, -0.15) is 0 Å².